The van der Waals surface area contributed by atoms with Crippen molar-refractivity contribution < 1.29 is 0 Å². The molecule has 0 aromatic heterocycles. The van der Waals surface area contributed by atoms with Gasteiger partial charge >= 0.3 is 0 Å². The van der Waals surface area contributed by atoms with Gasteiger partial charge in [-0.2, -0.15) is 11.1 Å². The third kappa shape index (κ3) is 2.58. The van der Waals surface area contributed by atoms with Gasteiger partial charge in [0.25, 0.3) is 0 Å². The molecule has 0 heterocycles. The van der Waals surface area contributed by atoms with Gasteiger partial charge in [0.15, 0.2) is 0 Å². The Morgan fingerprint density at radius 3 is 2.23 bits per heavy atom. The van der Waals surface area contributed by atoms with Crippen LogP contribution in [-0.2, 0) is 0 Å². The molecule has 0 aliphatic carbocycles. The molecule has 1 rings (SSSR count). The molecule has 0 N–H and O–H groups in total. The molecule has 0 saturated carbocycles. The number of rotatable bonds is 3. The Labute approximate surface area is 87.2 Å². The normalized spacial score (nSPS) is 12.1. The van der Waals surface area contributed by atoms with Gasteiger partial charge in [0.1, 0.15) is 0 Å². The van der Waals surface area contributed by atoms with Crippen molar-refractivity contribution in [2.45, 2.75) is 32.2 Å². The van der Waals surface area contributed by atoms with Gasteiger partial charge in [0.2, 0.25) is 8.11 Å². The van der Waals surface area contributed by atoms with Gasteiger partial charge in [-0.1, -0.05) is 57.5 Å². The Morgan fingerprint density at radius 2 is 1.77 bits per heavy atom. The maximum Gasteiger partial charge on any atom is 0.205 e. The predicted molar refractivity (Wildman–Crippen MR) is 62.0 cm³/mol. The van der Waals surface area contributed by atoms with Crippen LogP contribution < -0.4 is 5.19 Å². The highest BCUT2D eigenvalue weighted by molar-refractivity contribution is 7.15. The zero-order chi connectivity index (χ0) is 9.90. The topological polar surface area (TPSA) is 0 Å². The third-order valence-electron chi connectivity index (χ3n) is 2.51. The van der Waals surface area contributed by atoms with Crippen LogP contribution in [0.5, 0.6) is 0 Å². The first-order valence-corrected chi connectivity index (χ1v) is 7.17. The molecule has 0 aliphatic rings. The second kappa shape index (κ2) is 4.29. The van der Waals surface area contributed by atoms with E-state index in [1.54, 1.807) is 0 Å². The highest BCUT2D eigenvalue weighted by Gasteiger charge is 2.29. The molecule has 0 unspecified atom stereocenters. The number of benzene rings is 1. The van der Waals surface area contributed by atoms with Crippen molar-refractivity contribution in [2.75, 3.05) is 0 Å². The minimum absolute atomic E-state index is 0.271. The summed E-state index contributed by atoms with van der Waals surface area (Å²) >= 11 is 6.50. The molecule has 71 valence electrons. The standard InChI is InChI=1S/C11H16ClSi/c1-4-11(2,3)13(12)10-8-6-5-7-9-10/h5-9H,4H2,1-3H3. The fourth-order valence-corrected chi connectivity index (χ4v) is 3.49. The molecule has 0 aliphatic heterocycles. The van der Waals surface area contributed by atoms with Crippen LogP contribution in [0.3, 0.4) is 0 Å². The smallest absolute Gasteiger partial charge is 0.162 e. The van der Waals surface area contributed by atoms with Gasteiger partial charge in [-0.05, 0) is 10.2 Å². The van der Waals surface area contributed by atoms with Crippen LogP contribution in [-0.4, -0.2) is 8.11 Å². The zero-order valence-electron chi connectivity index (χ0n) is 8.47. The van der Waals surface area contributed by atoms with Crippen LogP contribution in [0.1, 0.15) is 27.2 Å². The van der Waals surface area contributed by atoms with Crippen molar-refractivity contribution in [3.63, 3.8) is 0 Å². The van der Waals surface area contributed by atoms with Crippen molar-refractivity contribution in [1.29, 1.82) is 0 Å². The summed E-state index contributed by atoms with van der Waals surface area (Å²) in [5.41, 5.74) is 0. The summed E-state index contributed by atoms with van der Waals surface area (Å²) in [6, 6.07) is 10.4. The zero-order valence-corrected chi connectivity index (χ0v) is 10.2. The maximum absolute atomic E-state index is 6.50. The highest BCUT2D eigenvalue weighted by Crippen LogP contribution is 2.33. The molecular formula is C11H16ClSi. The highest BCUT2D eigenvalue weighted by atomic mass is 35.6. The lowest BCUT2D eigenvalue weighted by molar-refractivity contribution is 0.644. The van der Waals surface area contributed by atoms with Crippen LogP contribution >= 0.6 is 11.1 Å². The van der Waals surface area contributed by atoms with E-state index in [-0.39, 0.29) is 5.04 Å². The van der Waals surface area contributed by atoms with Crippen molar-refractivity contribution in [2.24, 2.45) is 0 Å². The molecule has 0 atom stereocenters. The Morgan fingerprint density at radius 1 is 1.23 bits per heavy atom. The summed E-state index contributed by atoms with van der Waals surface area (Å²) in [4.78, 5) is 0. The van der Waals surface area contributed by atoms with Crippen molar-refractivity contribution in [1.82, 2.24) is 0 Å². The molecule has 0 saturated heterocycles. The van der Waals surface area contributed by atoms with Crippen molar-refractivity contribution in [3.05, 3.63) is 30.3 Å². The van der Waals surface area contributed by atoms with E-state index >= 15 is 0 Å². The summed E-state index contributed by atoms with van der Waals surface area (Å²) in [6.07, 6.45) is 1.14. The lowest BCUT2D eigenvalue weighted by Gasteiger charge is -2.26. The van der Waals surface area contributed by atoms with Crippen LogP contribution in [0.4, 0.5) is 0 Å². The summed E-state index contributed by atoms with van der Waals surface area (Å²) in [7, 11) is -0.922. The molecule has 0 amide bonds. The van der Waals surface area contributed by atoms with Crippen LogP contribution in [0.25, 0.3) is 0 Å². The summed E-state index contributed by atoms with van der Waals surface area (Å²) in [5.74, 6) is 0. The molecule has 0 nitrogen and oxygen atoms in total. The molecule has 13 heavy (non-hydrogen) atoms. The van der Waals surface area contributed by atoms with Gasteiger partial charge < -0.3 is 0 Å². The van der Waals surface area contributed by atoms with E-state index in [4.69, 9.17) is 11.1 Å². The molecule has 0 bridgehead atoms. The minimum atomic E-state index is -0.922. The van der Waals surface area contributed by atoms with E-state index in [9.17, 15) is 0 Å². The molecule has 1 aromatic rings. The molecular weight excluding hydrogens is 196 g/mol. The number of hydrogen-bond acceptors (Lipinski definition) is 0. The molecule has 0 spiro atoms. The van der Waals surface area contributed by atoms with E-state index in [1.165, 1.54) is 5.19 Å². The predicted octanol–water partition coefficient (Wildman–Crippen LogP) is 3.31. The largest absolute Gasteiger partial charge is 0.205 e. The SMILES string of the molecule is CCC(C)(C)[Si](Cl)c1ccccc1. The molecule has 1 radical (unpaired) electrons. The fourth-order valence-electron chi connectivity index (χ4n) is 1.13. The van der Waals surface area contributed by atoms with E-state index in [1.807, 2.05) is 6.07 Å². The maximum atomic E-state index is 6.50. The summed E-state index contributed by atoms with van der Waals surface area (Å²) in [6.45, 7) is 6.71. The Hall–Kier alpha value is -0.273. The minimum Gasteiger partial charge on any atom is -0.162 e. The molecule has 2 heteroatoms. The number of hydrogen-bond donors (Lipinski definition) is 0. The molecule has 1 aromatic carbocycles. The number of halogens is 1. The first kappa shape index (κ1) is 10.8. The van der Waals surface area contributed by atoms with Gasteiger partial charge in [-0.3, -0.25) is 0 Å². The van der Waals surface area contributed by atoms with E-state index in [0.717, 1.165) is 6.42 Å². The van der Waals surface area contributed by atoms with Gasteiger partial charge in [-0.25, -0.2) is 0 Å². The van der Waals surface area contributed by atoms with Crippen LogP contribution in [0, 0.1) is 0 Å². The quantitative estimate of drug-likeness (QED) is 0.532. The fraction of sp³-hybridized carbons (Fsp3) is 0.455. The van der Waals surface area contributed by atoms with Crippen molar-refractivity contribution in [3.8, 4) is 0 Å². The van der Waals surface area contributed by atoms with Gasteiger partial charge in [0.05, 0.1) is 0 Å². The lowest BCUT2D eigenvalue weighted by Crippen LogP contribution is -2.34. The third-order valence-corrected chi connectivity index (χ3v) is 7.08. The Bertz CT molecular complexity index is 256. The van der Waals surface area contributed by atoms with Gasteiger partial charge in [0, 0.05) is 0 Å². The lowest BCUT2D eigenvalue weighted by atomic mass is 10.1. The van der Waals surface area contributed by atoms with Crippen LogP contribution in [0.2, 0.25) is 5.04 Å². The van der Waals surface area contributed by atoms with E-state index in [0.29, 0.717) is 0 Å². The van der Waals surface area contributed by atoms with E-state index in [2.05, 4.69) is 45.0 Å². The summed E-state index contributed by atoms with van der Waals surface area (Å²) < 4.78 is 0. The van der Waals surface area contributed by atoms with Crippen LogP contribution in [0.15, 0.2) is 30.3 Å². The van der Waals surface area contributed by atoms with E-state index < -0.39 is 8.11 Å². The molecule has 0 fully saturated rings. The summed E-state index contributed by atoms with van der Waals surface area (Å²) in [5, 5.41) is 1.59. The van der Waals surface area contributed by atoms with Gasteiger partial charge in [-0.15, -0.1) is 0 Å². The first-order valence-electron chi connectivity index (χ1n) is 4.66. The monoisotopic (exact) mass is 211 g/mol. The average molecular weight is 212 g/mol. The second-order valence-corrected chi connectivity index (χ2v) is 7.61. The Balaban J connectivity index is 2.85. The van der Waals surface area contributed by atoms with Crippen molar-refractivity contribution >= 4 is 24.4 Å². The second-order valence-electron chi connectivity index (χ2n) is 3.92. The average Bonchev–Trinajstić information content (AvgIpc) is 2.18. The Kier molecular flexibility index (Phi) is 3.57. The first-order chi connectivity index (χ1) is 6.08.